The average molecular weight is 406 g/mol. The third-order valence-electron chi connectivity index (χ3n) is 3.51. The van der Waals surface area contributed by atoms with Gasteiger partial charge in [0.2, 0.25) is 5.91 Å². The van der Waals surface area contributed by atoms with E-state index in [0.717, 1.165) is 32.5 Å². The Morgan fingerprint density at radius 2 is 1.75 bits per heavy atom. The summed E-state index contributed by atoms with van der Waals surface area (Å²) in [5.41, 5.74) is 4.97. The third kappa shape index (κ3) is 5.32. The van der Waals surface area contributed by atoms with Crippen LogP contribution in [-0.4, -0.2) is 17.6 Å². The minimum absolute atomic E-state index is 0.103. The molecule has 3 N–H and O–H groups in total. The molecule has 4 nitrogen and oxygen atoms in total. The fraction of sp³-hybridized carbons (Fsp3) is 0.222. The normalized spacial score (nSPS) is 10.2. The second-order valence-corrected chi connectivity index (χ2v) is 6.96. The number of carbonyl (C=O) groups is 1. The predicted molar refractivity (Wildman–Crippen MR) is 108 cm³/mol. The van der Waals surface area contributed by atoms with Gasteiger partial charge in [-0.25, -0.2) is 0 Å². The van der Waals surface area contributed by atoms with Gasteiger partial charge in [0.1, 0.15) is 0 Å². The minimum atomic E-state index is -0.148. The Hall–Kier alpha value is -1.92. The number of halogens is 1. The van der Waals surface area contributed by atoms with Crippen LogP contribution in [-0.2, 0) is 4.79 Å². The van der Waals surface area contributed by atoms with Crippen molar-refractivity contribution in [2.24, 2.45) is 0 Å². The van der Waals surface area contributed by atoms with E-state index in [4.69, 9.17) is 12.2 Å². The second-order valence-electron chi connectivity index (χ2n) is 5.63. The molecular formula is C18H20BrN3OS. The van der Waals surface area contributed by atoms with E-state index in [1.807, 2.05) is 57.2 Å². The van der Waals surface area contributed by atoms with Gasteiger partial charge in [-0.2, -0.15) is 0 Å². The molecular weight excluding hydrogens is 386 g/mol. The van der Waals surface area contributed by atoms with Gasteiger partial charge in [-0.15, -0.1) is 0 Å². The molecule has 0 saturated carbocycles. The van der Waals surface area contributed by atoms with Crippen LogP contribution in [0.15, 0.2) is 40.9 Å². The van der Waals surface area contributed by atoms with Crippen LogP contribution in [0.5, 0.6) is 0 Å². The Morgan fingerprint density at radius 3 is 2.46 bits per heavy atom. The average Bonchev–Trinajstić information content (AvgIpc) is 2.52. The van der Waals surface area contributed by atoms with Gasteiger partial charge in [0.15, 0.2) is 5.11 Å². The monoisotopic (exact) mass is 405 g/mol. The standard InChI is InChI=1S/C18H20BrN3OS/c1-11-4-5-12(2)16(8-11)22-18(24)20-10-17(23)21-15-7-6-14(19)9-13(15)3/h4-9H,10H2,1-3H3,(H,21,23)(H2,20,22,24). The highest BCUT2D eigenvalue weighted by molar-refractivity contribution is 9.10. The highest BCUT2D eigenvalue weighted by Crippen LogP contribution is 2.20. The zero-order valence-electron chi connectivity index (χ0n) is 13.9. The van der Waals surface area contributed by atoms with Gasteiger partial charge in [-0.1, -0.05) is 28.1 Å². The smallest absolute Gasteiger partial charge is 0.243 e. The van der Waals surface area contributed by atoms with Crippen molar-refractivity contribution in [3.05, 3.63) is 57.6 Å². The second kappa shape index (κ2) is 8.26. The maximum absolute atomic E-state index is 12.1. The number of benzene rings is 2. The lowest BCUT2D eigenvalue weighted by Crippen LogP contribution is -2.35. The van der Waals surface area contributed by atoms with Crippen molar-refractivity contribution in [2.45, 2.75) is 20.8 Å². The van der Waals surface area contributed by atoms with Crippen molar-refractivity contribution in [1.82, 2.24) is 5.32 Å². The van der Waals surface area contributed by atoms with E-state index in [9.17, 15) is 4.79 Å². The molecule has 0 atom stereocenters. The Morgan fingerprint density at radius 1 is 1.00 bits per heavy atom. The fourth-order valence-corrected chi connectivity index (χ4v) is 2.82. The van der Waals surface area contributed by atoms with Crippen molar-refractivity contribution >= 4 is 50.5 Å². The van der Waals surface area contributed by atoms with Crippen LogP contribution >= 0.6 is 28.1 Å². The number of thiocarbonyl (C=S) groups is 1. The van der Waals surface area contributed by atoms with E-state index in [1.54, 1.807) is 0 Å². The van der Waals surface area contributed by atoms with Gasteiger partial charge >= 0.3 is 0 Å². The largest absolute Gasteiger partial charge is 0.353 e. The van der Waals surface area contributed by atoms with Crippen molar-refractivity contribution in [3.8, 4) is 0 Å². The first-order valence-electron chi connectivity index (χ1n) is 7.53. The van der Waals surface area contributed by atoms with Gasteiger partial charge in [0.25, 0.3) is 0 Å². The van der Waals surface area contributed by atoms with Gasteiger partial charge in [0.05, 0.1) is 6.54 Å². The quantitative estimate of drug-likeness (QED) is 0.663. The maximum Gasteiger partial charge on any atom is 0.243 e. The summed E-state index contributed by atoms with van der Waals surface area (Å²) in [6, 6.07) is 11.8. The number of aryl methyl sites for hydroxylation is 3. The van der Waals surface area contributed by atoms with Crippen LogP contribution in [0, 0.1) is 20.8 Å². The predicted octanol–water partition coefficient (Wildman–Crippen LogP) is 4.30. The number of anilines is 2. The fourth-order valence-electron chi connectivity index (χ4n) is 2.16. The van der Waals surface area contributed by atoms with Gasteiger partial charge in [0, 0.05) is 15.8 Å². The topological polar surface area (TPSA) is 53.2 Å². The van der Waals surface area contributed by atoms with Crippen LogP contribution in [0.2, 0.25) is 0 Å². The van der Waals surface area contributed by atoms with Gasteiger partial charge in [-0.3, -0.25) is 4.79 Å². The molecule has 126 valence electrons. The zero-order valence-corrected chi connectivity index (χ0v) is 16.3. The van der Waals surface area contributed by atoms with Crippen LogP contribution < -0.4 is 16.0 Å². The molecule has 0 saturated heterocycles. The molecule has 0 aliphatic heterocycles. The lowest BCUT2D eigenvalue weighted by Gasteiger charge is -2.14. The minimum Gasteiger partial charge on any atom is -0.353 e. The summed E-state index contributed by atoms with van der Waals surface area (Å²) in [7, 11) is 0. The molecule has 0 unspecified atom stereocenters. The van der Waals surface area contributed by atoms with Crippen LogP contribution in [0.1, 0.15) is 16.7 Å². The molecule has 6 heteroatoms. The summed E-state index contributed by atoms with van der Waals surface area (Å²) in [5.74, 6) is -0.148. The molecule has 2 aromatic rings. The lowest BCUT2D eigenvalue weighted by atomic mass is 10.1. The summed E-state index contributed by atoms with van der Waals surface area (Å²) in [6.07, 6.45) is 0. The molecule has 0 aliphatic rings. The first-order valence-corrected chi connectivity index (χ1v) is 8.73. The van der Waals surface area contributed by atoms with Crippen molar-refractivity contribution in [2.75, 3.05) is 17.2 Å². The van der Waals surface area contributed by atoms with E-state index in [1.165, 1.54) is 0 Å². The van der Waals surface area contributed by atoms with E-state index < -0.39 is 0 Å². The maximum atomic E-state index is 12.1. The SMILES string of the molecule is Cc1ccc(C)c(NC(=S)NCC(=O)Nc2ccc(Br)cc2C)c1. The molecule has 0 radical (unpaired) electrons. The first-order chi connectivity index (χ1) is 11.3. The molecule has 2 rings (SSSR count). The molecule has 0 fully saturated rings. The Bertz CT molecular complexity index is 777. The van der Waals surface area contributed by atoms with Gasteiger partial charge < -0.3 is 16.0 Å². The van der Waals surface area contributed by atoms with Crippen molar-refractivity contribution in [1.29, 1.82) is 0 Å². The van der Waals surface area contributed by atoms with Gasteiger partial charge in [-0.05, 0) is 73.9 Å². The van der Waals surface area contributed by atoms with Crippen molar-refractivity contribution < 1.29 is 4.79 Å². The van der Waals surface area contributed by atoms with Crippen molar-refractivity contribution in [3.63, 3.8) is 0 Å². The number of carbonyl (C=O) groups excluding carboxylic acids is 1. The van der Waals surface area contributed by atoms with E-state index in [0.29, 0.717) is 5.11 Å². The Balaban J connectivity index is 1.87. The Labute approximate surface area is 156 Å². The Kier molecular flexibility index (Phi) is 6.34. The summed E-state index contributed by atoms with van der Waals surface area (Å²) in [5, 5.41) is 9.34. The molecule has 0 aliphatic carbocycles. The number of rotatable bonds is 4. The molecule has 1 amide bonds. The van der Waals surface area contributed by atoms with E-state index >= 15 is 0 Å². The lowest BCUT2D eigenvalue weighted by molar-refractivity contribution is -0.115. The summed E-state index contributed by atoms with van der Waals surface area (Å²) in [4.78, 5) is 12.1. The molecule has 0 spiro atoms. The zero-order chi connectivity index (χ0) is 17.7. The summed E-state index contributed by atoms with van der Waals surface area (Å²) >= 11 is 8.66. The third-order valence-corrected chi connectivity index (χ3v) is 4.25. The van der Waals surface area contributed by atoms with E-state index in [2.05, 4.69) is 31.9 Å². The summed E-state index contributed by atoms with van der Waals surface area (Å²) < 4.78 is 0.982. The van der Waals surface area contributed by atoms with Crippen LogP contribution in [0.3, 0.4) is 0 Å². The van der Waals surface area contributed by atoms with Crippen LogP contribution in [0.25, 0.3) is 0 Å². The molecule has 0 aromatic heterocycles. The number of nitrogens with one attached hydrogen (secondary N) is 3. The van der Waals surface area contributed by atoms with Crippen LogP contribution in [0.4, 0.5) is 11.4 Å². The highest BCUT2D eigenvalue weighted by atomic mass is 79.9. The summed E-state index contributed by atoms with van der Waals surface area (Å²) in [6.45, 7) is 6.08. The molecule has 2 aromatic carbocycles. The number of hydrogen-bond donors (Lipinski definition) is 3. The molecule has 0 bridgehead atoms. The first kappa shape index (κ1) is 18.4. The molecule has 0 heterocycles. The van der Waals surface area contributed by atoms with E-state index in [-0.39, 0.29) is 12.5 Å². The molecule has 24 heavy (non-hydrogen) atoms. The number of amides is 1. The highest BCUT2D eigenvalue weighted by Gasteiger charge is 2.07. The number of hydrogen-bond acceptors (Lipinski definition) is 2.